The zero-order chi connectivity index (χ0) is 18.4. The molecule has 0 atom stereocenters. The lowest BCUT2D eigenvalue weighted by molar-refractivity contribution is 0.0921. The van der Waals surface area contributed by atoms with Crippen molar-refractivity contribution in [3.8, 4) is 0 Å². The fourth-order valence-electron chi connectivity index (χ4n) is 3.16. The third-order valence-corrected chi connectivity index (χ3v) is 5.33. The van der Waals surface area contributed by atoms with Gasteiger partial charge < -0.3 is 20.1 Å². The van der Waals surface area contributed by atoms with Crippen molar-refractivity contribution in [3.63, 3.8) is 0 Å². The lowest BCUT2D eigenvalue weighted by Crippen LogP contribution is -2.57. The number of nitrogens with one attached hydrogen (secondary N) is 1. The molecule has 0 unspecified atom stereocenters. The second-order valence-electron chi connectivity index (χ2n) is 6.38. The number of amides is 2. The average Bonchev–Trinajstić information content (AvgIpc) is 3.15. The smallest absolute Gasteiger partial charge is 0.407 e. The Morgan fingerprint density at radius 3 is 2.62 bits per heavy atom. The molecule has 138 valence electrons. The van der Waals surface area contributed by atoms with Gasteiger partial charge in [0.05, 0.1) is 15.9 Å². The minimum atomic E-state index is -0.925. The van der Waals surface area contributed by atoms with Gasteiger partial charge in [0.2, 0.25) is 0 Å². The molecule has 1 fully saturated rings. The Hall–Kier alpha value is -2.61. The average molecular weight is 375 g/mol. The molecule has 1 aliphatic rings. The van der Waals surface area contributed by atoms with E-state index in [4.69, 9.17) is 4.74 Å². The van der Waals surface area contributed by atoms with Crippen molar-refractivity contribution in [2.24, 2.45) is 0 Å². The number of benzene rings is 1. The van der Waals surface area contributed by atoms with E-state index in [1.807, 2.05) is 30.3 Å². The number of alkyl carbamates (subject to hydrolysis) is 1. The maximum atomic E-state index is 12.3. The molecule has 0 saturated carbocycles. The molecule has 1 aliphatic heterocycles. The Kier molecular flexibility index (Phi) is 5.72. The predicted octanol–water partition coefficient (Wildman–Crippen LogP) is 3.12. The van der Waals surface area contributed by atoms with Gasteiger partial charge in [0, 0.05) is 19.3 Å². The molecule has 1 saturated heterocycles. The van der Waals surface area contributed by atoms with Crippen molar-refractivity contribution < 1.29 is 19.4 Å². The lowest BCUT2D eigenvalue weighted by atomic mass is 9.82. The van der Waals surface area contributed by atoms with Crippen LogP contribution in [0.3, 0.4) is 0 Å². The number of likely N-dealkylation sites (tertiary alicyclic amines) is 1. The second-order valence-corrected chi connectivity index (χ2v) is 7.35. The van der Waals surface area contributed by atoms with E-state index in [9.17, 15) is 14.7 Å². The van der Waals surface area contributed by atoms with Crippen molar-refractivity contribution in [1.82, 2.24) is 15.2 Å². The summed E-state index contributed by atoms with van der Waals surface area (Å²) >= 11 is 1.43. The van der Waals surface area contributed by atoms with Gasteiger partial charge in [-0.3, -0.25) is 4.98 Å². The number of carboxylic acid groups (broad SMARTS) is 1. The number of aromatic nitrogens is 1. The summed E-state index contributed by atoms with van der Waals surface area (Å²) in [6.07, 6.45) is 1.98. The highest BCUT2D eigenvalue weighted by Gasteiger charge is 2.37. The zero-order valence-electron chi connectivity index (χ0n) is 14.3. The van der Waals surface area contributed by atoms with E-state index in [1.165, 1.54) is 16.2 Å². The number of carbonyl (C=O) groups is 2. The first-order chi connectivity index (χ1) is 12.6. The Balaban J connectivity index is 1.66. The topological polar surface area (TPSA) is 91.8 Å². The number of ether oxygens (including phenoxy) is 1. The highest BCUT2D eigenvalue weighted by molar-refractivity contribution is 7.09. The molecular formula is C18H21N3O4S. The third-order valence-electron chi connectivity index (χ3n) is 4.57. The highest BCUT2D eigenvalue weighted by Crippen LogP contribution is 2.27. The summed E-state index contributed by atoms with van der Waals surface area (Å²) in [5.74, 6) is 0. The normalized spacial score (nSPS) is 16.1. The SMILES string of the molecule is O=C(NC1(Cc2ccccc2)CCN(C(=O)O)CC1)OCc1cncs1. The molecule has 1 aromatic heterocycles. The minimum Gasteiger partial charge on any atom is -0.465 e. The predicted molar refractivity (Wildman–Crippen MR) is 97.1 cm³/mol. The van der Waals surface area contributed by atoms with Crippen molar-refractivity contribution in [3.05, 3.63) is 52.5 Å². The Bertz CT molecular complexity index is 728. The largest absolute Gasteiger partial charge is 0.465 e. The molecule has 2 N–H and O–H groups in total. The molecule has 2 aromatic rings. The van der Waals surface area contributed by atoms with Crippen LogP contribution in [0.15, 0.2) is 42.0 Å². The van der Waals surface area contributed by atoms with Crippen LogP contribution >= 0.6 is 11.3 Å². The van der Waals surface area contributed by atoms with E-state index in [0.29, 0.717) is 32.4 Å². The van der Waals surface area contributed by atoms with Crippen molar-refractivity contribution in [1.29, 1.82) is 0 Å². The molecule has 2 heterocycles. The number of rotatable bonds is 5. The van der Waals surface area contributed by atoms with Gasteiger partial charge in [-0.2, -0.15) is 0 Å². The Morgan fingerprint density at radius 2 is 2.00 bits per heavy atom. The van der Waals surface area contributed by atoms with Gasteiger partial charge in [0.15, 0.2) is 0 Å². The fourth-order valence-corrected chi connectivity index (χ4v) is 3.67. The zero-order valence-corrected chi connectivity index (χ0v) is 15.1. The van der Waals surface area contributed by atoms with Crippen LogP contribution in [0.1, 0.15) is 23.3 Å². The number of carbonyl (C=O) groups excluding carboxylic acids is 1. The summed E-state index contributed by atoms with van der Waals surface area (Å²) in [6.45, 7) is 0.952. The summed E-state index contributed by atoms with van der Waals surface area (Å²) in [5.41, 5.74) is 2.27. The van der Waals surface area contributed by atoms with Gasteiger partial charge in [-0.1, -0.05) is 30.3 Å². The fraction of sp³-hybridized carbons (Fsp3) is 0.389. The van der Waals surface area contributed by atoms with E-state index >= 15 is 0 Å². The molecule has 3 rings (SSSR count). The number of hydrogen-bond acceptors (Lipinski definition) is 5. The van der Waals surface area contributed by atoms with Crippen LogP contribution in [-0.2, 0) is 17.8 Å². The van der Waals surface area contributed by atoms with Gasteiger partial charge in [0.1, 0.15) is 6.61 Å². The lowest BCUT2D eigenvalue weighted by Gasteiger charge is -2.41. The van der Waals surface area contributed by atoms with Gasteiger partial charge in [-0.15, -0.1) is 11.3 Å². The second kappa shape index (κ2) is 8.18. The van der Waals surface area contributed by atoms with Crippen molar-refractivity contribution in [2.45, 2.75) is 31.4 Å². The monoisotopic (exact) mass is 375 g/mol. The van der Waals surface area contributed by atoms with Crippen molar-refractivity contribution >= 4 is 23.5 Å². The molecular weight excluding hydrogens is 354 g/mol. The standard InChI is InChI=1S/C18H21N3O4S/c22-16(25-12-15-11-19-13-26-15)20-18(10-14-4-2-1-3-5-14)6-8-21(9-7-18)17(23)24/h1-5,11,13H,6-10,12H2,(H,20,22)(H,23,24). The van der Waals surface area contributed by atoms with Gasteiger partial charge in [-0.05, 0) is 24.8 Å². The van der Waals surface area contributed by atoms with Crippen LogP contribution < -0.4 is 5.32 Å². The number of hydrogen-bond donors (Lipinski definition) is 2. The van der Waals surface area contributed by atoms with Crippen LogP contribution in [0.25, 0.3) is 0 Å². The Labute approximate surface area is 155 Å². The molecule has 2 amide bonds. The van der Waals surface area contributed by atoms with Gasteiger partial charge >= 0.3 is 12.2 Å². The molecule has 7 nitrogen and oxygen atoms in total. The van der Waals surface area contributed by atoms with Gasteiger partial charge in [0.25, 0.3) is 0 Å². The summed E-state index contributed by atoms with van der Waals surface area (Å²) in [5, 5.41) is 12.2. The van der Waals surface area contributed by atoms with E-state index in [1.54, 1.807) is 11.7 Å². The maximum Gasteiger partial charge on any atom is 0.407 e. The first-order valence-electron chi connectivity index (χ1n) is 8.40. The Morgan fingerprint density at radius 1 is 1.27 bits per heavy atom. The molecule has 8 heteroatoms. The molecule has 0 aliphatic carbocycles. The minimum absolute atomic E-state index is 0.180. The van der Waals surface area contributed by atoms with Gasteiger partial charge in [-0.25, -0.2) is 9.59 Å². The number of thiazole rings is 1. The van der Waals surface area contributed by atoms with Crippen LogP contribution in [0.4, 0.5) is 9.59 Å². The maximum absolute atomic E-state index is 12.3. The van der Waals surface area contributed by atoms with E-state index in [0.717, 1.165) is 10.4 Å². The van der Waals surface area contributed by atoms with Crippen LogP contribution in [0, 0.1) is 0 Å². The summed E-state index contributed by atoms with van der Waals surface area (Å²) in [4.78, 5) is 29.7. The van der Waals surface area contributed by atoms with Crippen LogP contribution in [0.2, 0.25) is 0 Å². The molecule has 0 radical (unpaired) electrons. The van der Waals surface area contributed by atoms with E-state index < -0.39 is 17.7 Å². The first-order valence-corrected chi connectivity index (χ1v) is 9.28. The third kappa shape index (κ3) is 4.72. The van der Waals surface area contributed by atoms with E-state index in [-0.39, 0.29) is 6.61 Å². The number of nitrogens with zero attached hydrogens (tertiary/aromatic N) is 2. The van der Waals surface area contributed by atoms with Crippen LogP contribution in [0.5, 0.6) is 0 Å². The van der Waals surface area contributed by atoms with Crippen LogP contribution in [-0.4, -0.2) is 45.8 Å². The summed E-state index contributed by atoms with van der Waals surface area (Å²) in [6, 6.07) is 9.88. The summed E-state index contributed by atoms with van der Waals surface area (Å²) < 4.78 is 5.32. The first kappa shape index (κ1) is 18.2. The van der Waals surface area contributed by atoms with Crippen molar-refractivity contribution in [2.75, 3.05) is 13.1 Å². The summed E-state index contributed by atoms with van der Waals surface area (Å²) in [7, 11) is 0. The number of piperidine rings is 1. The highest BCUT2D eigenvalue weighted by atomic mass is 32.1. The molecule has 1 aromatic carbocycles. The molecule has 0 spiro atoms. The van der Waals surface area contributed by atoms with E-state index in [2.05, 4.69) is 10.3 Å². The molecule has 0 bridgehead atoms. The molecule has 26 heavy (non-hydrogen) atoms. The quantitative estimate of drug-likeness (QED) is 0.838.